The summed E-state index contributed by atoms with van der Waals surface area (Å²) in [6, 6.07) is 19.6. The number of hydrogen-bond acceptors (Lipinski definition) is 21. The van der Waals surface area contributed by atoms with Gasteiger partial charge in [0, 0.05) is 121 Å². The molecule has 0 radical (unpaired) electrons. The first-order chi connectivity index (χ1) is 41.7. The van der Waals surface area contributed by atoms with Gasteiger partial charge in [0.2, 0.25) is 5.69 Å². The fraction of sp³-hybridized carbons (Fsp3) is 0.424. The Morgan fingerprint density at radius 3 is 2.01 bits per heavy atom. The van der Waals surface area contributed by atoms with Crippen molar-refractivity contribution in [3.63, 3.8) is 0 Å². The van der Waals surface area contributed by atoms with Crippen molar-refractivity contribution in [3.8, 4) is 5.75 Å². The second-order valence-electron chi connectivity index (χ2n) is 22.4. The van der Waals surface area contributed by atoms with E-state index in [0.29, 0.717) is 98.7 Å². The van der Waals surface area contributed by atoms with Crippen LogP contribution in [0.2, 0.25) is 0 Å². The molecule has 0 unspecified atom stereocenters. The summed E-state index contributed by atoms with van der Waals surface area (Å²) in [6.45, 7) is 10.1. The maximum absolute atomic E-state index is 12.7. The van der Waals surface area contributed by atoms with Crippen LogP contribution in [0.4, 0.5) is 17.1 Å². The summed E-state index contributed by atoms with van der Waals surface area (Å²) in [4.78, 5) is 45.6. The molecule has 24 nitrogen and oxygen atoms in total. The van der Waals surface area contributed by atoms with Crippen molar-refractivity contribution in [2.45, 2.75) is 125 Å². The van der Waals surface area contributed by atoms with Crippen LogP contribution in [0.5, 0.6) is 5.75 Å². The largest absolute Gasteiger partial charge is 0.457 e. The van der Waals surface area contributed by atoms with Gasteiger partial charge in [0.1, 0.15) is 18.1 Å². The Morgan fingerprint density at radius 2 is 1.38 bits per heavy atom. The number of carbonyl (C=O) groups excluding carboxylic acids is 3. The normalized spacial score (nSPS) is 17.8. The van der Waals surface area contributed by atoms with E-state index in [2.05, 4.69) is 62.0 Å². The third-order valence-electron chi connectivity index (χ3n) is 15.8. The second kappa shape index (κ2) is 29.3. The molecule has 3 aliphatic heterocycles. The van der Waals surface area contributed by atoms with Crippen LogP contribution in [0, 0.1) is 0 Å². The van der Waals surface area contributed by atoms with Gasteiger partial charge in [0.25, 0.3) is 42.2 Å². The maximum atomic E-state index is 12.7. The Hall–Kier alpha value is -6.03. The average Bonchev–Trinajstić information content (AvgIpc) is 1.64. The maximum Gasteiger partial charge on any atom is 0.333 e. The van der Waals surface area contributed by atoms with E-state index in [1.54, 1.807) is 12.1 Å². The molecule has 29 heteroatoms. The third kappa shape index (κ3) is 16.7. The quantitative estimate of drug-likeness (QED) is 0.00594. The number of fused-ring (bicyclic) bond motifs is 4. The first-order valence-electron chi connectivity index (χ1n) is 28.4. The van der Waals surface area contributed by atoms with Gasteiger partial charge in [-0.05, 0) is 166 Å². The van der Waals surface area contributed by atoms with Gasteiger partial charge >= 0.3 is 5.97 Å². The molecule has 4 aromatic rings. The Kier molecular flexibility index (Phi) is 22.6. The molecule has 0 aromatic heterocycles. The fourth-order valence-electron chi connectivity index (χ4n) is 11.6. The van der Waals surface area contributed by atoms with Gasteiger partial charge in [0.05, 0.1) is 21.0 Å². The van der Waals surface area contributed by atoms with E-state index in [0.717, 1.165) is 80.2 Å². The van der Waals surface area contributed by atoms with E-state index < -0.39 is 64.7 Å². The zero-order valence-electron chi connectivity index (χ0n) is 48.9. The molecule has 0 atom stereocenters. The van der Waals surface area contributed by atoms with Crippen LogP contribution < -0.4 is 14.5 Å². The SMILES string of the molecule is CC1(C)C(=CC=C2CCCC(C=CC3=[N+](CCCCCC(=O)ON4C(=O)CCC4=O)c4ccc5cc(S(=O)(=O)O)ccc5c4C3(C)C)=C2Oc2ccc(S(=O)(=O)O)cc2)N(CCCS(=O)(=O)O)c2ccc(N(CCCSOOO)CCCSOOO)cc21. The van der Waals surface area contributed by atoms with Crippen molar-refractivity contribution >= 4 is 106 Å². The minimum absolute atomic E-state index is 0.0204. The molecule has 0 bridgehead atoms. The molecule has 4 aromatic carbocycles. The highest BCUT2D eigenvalue weighted by molar-refractivity contribution is 7.94. The first kappa shape index (κ1) is 67.9. The molecule has 1 fully saturated rings. The number of unbranched alkanes of at least 4 members (excludes halogenated alkanes) is 2. The van der Waals surface area contributed by atoms with E-state index >= 15 is 0 Å². The molecular formula is C59H71N4O20S5+. The van der Waals surface area contributed by atoms with Gasteiger partial charge in [-0.3, -0.25) is 23.2 Å². The molecule has 1 aliphatic carbocycles. The summed E-state index contributed by atoms with van der Waals surface area (Å²) in [6.07, 6.45) is 12.5. The summed E-state index contributed by atoms with van der Waals surface area (Å²) in [5.41, 5.74) is 6.17. The Balaban J connectivity index is 1.19. The Bertz CT molecular complexity index is 3760. The summed E-state index contributed by atoms with van der Waals surface area (Å²) in [7, 11) is -13.4. The van der Waals surface area contributed by atoms with Crippen LogP contribution in [-0.2, 0) is 79.1 Å². The van der Waals surface area contributed by atoms with Crippen LogP contribution in [0.25, 0.3) is 10.8 Å². The molecule has 0 saturated carbocycles. The predicted octanol–water partition coefficient (Wildman–Crippen LogP) is 10.6. The molecule has 0 spiro atoms. The lowest BCUT2D eigenvalue weighted by atomic mass is 9.78. The van der Waals surface area contributed by atoms with Gasteiger partial charge < -0.3 is 19.4 Å². The average molecular weight is 1320 g/mol. The highest BCUT2D eigenvalue weighted by Crippen LogP contribution is 2.50. The second-order valence-corrected chi connectivity index (χ2v) is 28.4. The molecule has 8 rings (SSSR count). The number of allylic oxidation sites excluding steroid dienone is 7. The van der Waals surface area contributed by atoms with Crippen molar-refractivity contribution in [3.05, 3.63) is 131 Å². The van der Waals surface area contributed by atoms with Gasteiger partial charge in [-0.15, -0.1) is 13.7 Å². The minimum atomic E-state index is -4.55. The highest BCUT2D eigenvalue weighted by Gasteiger charge is 2.46. The number of rotatable bonds is 31. The lowest BCUT2D eigenvalue weighted by Gasteiger charge is -2.28. The van der Waals surface area contributed by atoms with E-state index in [9.17, 15) is 53.3 Å². The zero-order chi connectivity index (χ0) is 63.6. The number of nitrogens with zero attached hydrogens (tertiary/aromatic N) is 4. The number of carbonyl (C=O) groups is 3. The monoisotopic (exact) mass is 1320 g/mol. The summed E-state index contributed by atoms with van der Waals surface area (Å²) < 4.78 is 121. The van der Waals surface area contributed by atoms with E-state index in [-0.39, 0.29) is 47.8 Å². The number of benzene rings is 4. The molecule has 5 N–H and O–H groups in total. The first-order valence-corrected chi connectivity index (χ1v) is 34.7. The van der Waals surface area contributed by atoms with Gasteiger partial charge in [0.15, 0.2) is 5.71 Å². The predicted molar refractivity (Wildman–Crippen MR) is 329 cm³/mol. The number of imide groups is 1. The highest BCUT2D eigenvalue weighted by atomic mass is 32.2. The van der Waals surface area contributed by atoms with Crippen LogP contribution in [-0.4, -0.2) is 126 Å². The van der Waals surface area contributed by atoms with Crippen molar-refractivity contribution < 1.29 is 96.7 Å². The number of hydroxylamine groups is 2. The van der Waals surface area contributed by atoms with E-state index in [1.165, 1.54) is 36.4 Å². The van der Waals surface area contributed by atoms with Crippen LogP contribution >= 0.6 is 24.1 Å². The topological polar surface area (TPSA) is 323 Å². The Labute approximate surface area is 519 Å². The molecule has 1 saturated heterocycles. The zero-order valence-corrected chi connectivity index (χ0v) is 52.9. The van der Waals surface area contributed by atoms with Crippen molar-refractivity contribution in [2.75, 3.05) is 53.2 Å². The molecule has 4 aliphatic rings. The molecule has 88 heavy (non-hydrogen) atoms. The fourth-order valence-corrected chi connectivity index (χ4v) is 13.8. The summed E-state index contributed by atoms with van der Waals surface area (Å²) in [5.74, 6) is -0.577. The van der Waals surface area contributed by atoms with Gasteiger partial charge in [-0.1, -0.05) is 36.1 Å². The summed E-state index contributed by atoms with van der Waals surface area (Å²) in [5, 5.41) is 26.7. The van der Waals surface area contributed by atoms with Crippen LogP contribution in [0.3, 0.4) is 0 Å². The number of hydrogen-bond donors (Lipinski definition) is 5. The van der Waals surface area contributed by atoms with Crippen molar-refractivity contribution in [1.29, 1.82) is 0 Å². The minimum Gasteiger partial charge on any atom is -0.457 e. The number of amides is 2. The van der Waals surface area contributed by atoms with Gasteiger partial charge in [-0.2, -0.15) is 29.8 Å². The molecule has 3 heterocycles. The van der Waals surface area contributed by atoms with Crippen molar-refractivity contribution in [1.82, 2.24) is 5.06 Å². The van der Waals surface area contributed by atoms with Crippen LogP contribution in [0.15, 0.2) is 129 Å². The number of ether oxygens (including phenoxy) is 1. The molecular weight excluding hydrogens is 1240 g/mol. The molecule has 2 amide bonds. The number of anilines is 2. The van der Waals surface area contributed by atoms with Crippen molar-refractivity contribution in [2.24, 2.45) is 0 Å². The van der Waals surface area contributed by atoms with E-state index in [4.69, 9.17) is 20.1 Å². The Morgan fingerprint density at radius 1 is 0.716 bits per heavy atom. The van der Waals surface area contributed by atoms with Crippen LogP contribution in [0.1, 0.15) is 116 Å². The smallest absolute Gasteiger partial charge is 0.333 e. The van der Waals surface area contributed by atoms with Gasteiger partial charge in [-0.25, -0.2) is 15.3 Å². The molecule has 476 valence electrons. The third-order valence-corrected chi connectivity index (χ3v) is 19.5. The lowest BCUT2D eigenvalue weighted by molar-refractivity contribution is -0.438. The summed E-state index contributed by atoms with van der Waals surface area (Å²) >= 11 is 1.89. The lowest BCUT2D eigenvalue weighted by Crippen LogP contribution is -2.31. The van der Waals surface area contributed by atoms with E-state index in [1.807, 2.05) is 47.4 Å². The standard InChI is InChI=1S/C59H70N4O20S5/c1-58(2)48-39-43(60(31-9-35-84-82-80-67)32-10-36-85-83-81-68)18-26-49(48)61(34-11-37-86(69,70)71)51(58)27-16-40-12-8-13-41(57(40)78-44-19-21-45(22-20-44)87(72,73)74)17-28-52-59(3,4)56-47-24-23-46(88(75,76)77)38-42(47)15-25-50(56)62(52)33-7-5-6-14-55(66)79-63-53(64)29-30-54(63)65/h15-28,38-39H,5-14,29-37H2,1-4H3,(H4-,67,68,69,70,71,72,73,74,75,76,77)/p+1.